The summed E-state index contributed by atoms with van der Waals surface area (Å²) in [5.74, 6) is 0.0273. The number of carbonyl (C=O) groups is 3. The van der Waals surface area contributed by atoms with E-state index in [1.165, 1.54) is 0 Å². The second-order valence-electron chi connectivity index (χ2n) is 6.28. The molecule has 0 bridgehead atoms. The van der Waals surface area contributed by atoms with Gasteiger partial charge >= 0.3 is 0 Å². The van der Waals surface area contributed by atoms with Crippen LogP contribution in [0.3, 0.4) is 0 Å². The van der Waals surface area contributed by atoms with Crippen LogP contribution in [0.4, 0.5) is 4.79 Å². The summed E-state index contributed by atoms with van der Waals surface area (Å²) in [6.07, 6.45) is 1.57. The average Bonchev–Trinajstić information content (AvgIpc) is 2.95. The van der Waals surface area contributed by atoms with Crippen LogP contribution in [0.15, 0.2) is 53.4 Å². The van der Waals surface area contributed by atoms with Gasteiger partial charge in [-0.3, -0.25) is 19.3 Å². The van der Waals surface area contributed by atoms with Crippen LogP contribution >= 0.6 is 11.8 Å². The molecular weight excluding hydrogens is 392 g/mol. The fourth-order valence-electron chi connectivity index (χ4n) is 2.61. The van der Waals surface area contributed by atoms with Crippen molar-refractivity contribution in [2.75, 3.05) is 19.8 Å². The number of hydrogen-bond acceptors (Lipinski definition) is 6. The smallest absolute Gasteiger partial charge is 0.294 e. The van der Waals surface area contributed by atoms with Crippen LogP contribution in [0.5, 0.6) is 11.5 Å². The molecule has 8 heteroatoms. The minimum absolute atomic E-state index is 0.211. The number of thioether (sulfide) groups is 1. The normalized spacial score (nSPS) is 15.1. The number of primary amides is 1. The molecule has 2 aromatic rings. The molecule has 2 aromatic carbocycles. The van der Waals surface area contributed by atoms with Crippen LogP contribution in [0, 0.1) is 6.92 Å². The fourth-order valence-corrected chi connectivity index (χ4v) is 3.44. The van der Waals surface area contributed by atoms with Crippen molar-refractivity contribution in [3.8, 4) is 11.5 Å². The number of ether oxygens (including phenoxy) is 2. The minimum atomic E-state index is -0.745. The van der Waals surface area contributed by atoms with Crippen molar-refractivity contribution in [2.45, 2.75) is 6.92 Å². The molecule has 0 spiro atoms. The van der Waals surface area contributed by atoms with Crippen molar-refractivity contribution in [1.82, 2.24) is 4.90 Å². The number of hydrogen-bond donors (Lipinski definition) is 1. The molecule has 0 aromatic heterocycles. The van der Waals surface area contributed by atoms with Gasteiger partial charge in [-0.05, 0) is 43.0 Å². The van der Waals surface area contributed by atoms with Gasteiger partial charge in [-0.15, -0.1) is 0 Å². The van der Waals surface area contributed by atoms with E-state index in [1.54, 1.807) is 24.3 Å². The molecular formula is C21H20N2O5S. The first-order chi connectivity index (χ1) is 13.9. The molecule has 29 heavy (non-hydrogen) atoms. The Balaban J connectivity index is 1.63. The van der Waals surface area contributed by atoms with Gasteiger partial charge in [-0.25, -0.2) is 0 Å². The van der Waals surface area contributed by atoms with Crippen LogP contribution in [0.1, 0.15) is 11.1 Å². The lowest BCUT2D eigenvalue weighted by molar-refractivity contribution is -0.127. The van der Waals surface area contributed by atoms with Crippen LogP contribution in [-0.4, -0.2) is 41.7 Å². The lowest BCUT2D eigenvalue weighted by Crippen LogP contribution is -2.36. The van der Waals surface area contributed by atoms with E-state index in [0.717, 1.165) is 28.0 Å². The Hall–Kier alpha value is -3.26. The van der Waals surface area contributed by atoms with Crippen molar-refractivity contribution in [2.24, 2.45) is 5.73 Å². The van der Waals surface area contributed by atoms with Gasteiger partial charge in [-0.1, -0.05) is 35.9 Å². The van der Waals surface area contributed by atoms with E-state index in [1.807, 2.05) is 37.3 Å². The summed E-state index contributed by atoms with van der Waals surface area (Å²) in [4.78, 5) is 36.4. The lowest BCUT2D eigenvalue weighted by Gasteiger charge is -2.11. The van der Waals surface area contributed by atoms with Gasteiger partial charge < -0.3 is 15.2 Å². The molecule has 0 atom stereocenters. The molecule has 3 amide bonds. The molecule has 7 nitrogen and oxygen atoms in total. The standard InChI is InChI=1S/C21H20N2O5S/c1-14-6-8-16(9-7-14)27-10-11-28-17-5-3-2-4-15(17)12-18-20(25)23(13-19(22)24)21(26)29-18/h2-9,12H,10-11,13H2,1H3,(H2,22,24)/b18-12-. The maximum atomic E-state index is 12.4. The quantitative estimate of drug-likeness (QED) is 0.529. The highest BCUT2D eigenvalue weighted by Crippen LogP contribution is 2.33. The number of amides is 3. The number of aryl methyl sites for hydroxylation is 1. The highest BCUT2D eigenvalue weighted by molar-refractivity contribution is 8.18. The Morgan fingerprint density at radius 2 is 1.76 bits per heavy atom. The van der Waals surface area contributed by atoms with Gasteiger partial charge in [0.2, 0.25) is 5.91 Å². The molecule has 1 saturated heterocycles. The zero-order valence-corrected chi connectivity index (χ0v) is 16.6. The van der Waals surface area contributed by atoms with E-state index in [2.05, 4.69) is 0 Å². The Bertz CT molecular complexity index is 956. The maximum absolute atomic E-state index is 12.4. The Morgan fingerprint density at radius 1 is 1.07 bits per heavy atom. The molecule has 1 aliphatic heterocycles. The number of para-hydroxylation sites is 1. The molecule has 0 radical (unpaired) electrons. The Morgan fingerprint density at radius 3 is 2.48 bits per heavy atom. The van der Waals surface area contributed by atoms with Crippen molar-refractivity contribution in [3.05, 3.63) is 64.6 Å². The number of rotatable bonds is 8. The van der Waals surface area contributed by atoms with Gasteiger partial charge in [0, 0.05) is 5.56 Å². The predicted octanol–water partition coefficient (Wildman–Crippen LogP) is 2.97. The first-order valence-electron chi connectivity index (χ1n) is 8.89. The predicted molar refractivity (Wildman–Crippen MR) is 110 cm³/mol. The van der Waals surface area contributed by atoms with Crippen LogP contribution in [0.25, 0.3) is 6.08 Å². The molecule has 1 aliphatic rings. The second kappa shape index (κ2) is 9.29. The third-order valence-corrected chi connectivity index (χ3v) is 4.93. The van der Waals surface area contributed by atoms with Crippen molar-refractivity contribution in [3.63, 3.8) is 0 Å². The SMILES string of the molecule is Cc1ccc(OCCOc2ccccc2/C=C2\SC(=O)N(CC(N)=O)C2=O)cc1. The van der Waals surface area contributed by atoms with E-state index < -0.39 is 23.6 Å². The largest absolute Gasteiger partial charge is 0.490 e. The van der Waals surface area contributed by atoms with E-state index in [0.29, 0.717) is 24.5 Å². The summed E-state index contributed by atoms with van der Waals surface area (Å²) < 4.78 is 11.4. The van der Waals surface area contributed by atoms with Gasteiger partial charge in [0.15, 0.2) is 0 Å². The van der Waals surface area contributed by atoms with Crippen LogP contribution in [0.2, 0.25) is 0 Å². The summed E-state index contributed by atoms with van der Waals surface area (Å²) in [6.45, 7) is 2.23. The van der Waals surface area contributed by atoms with E-state index >= 15 is 0 Å². The third-order valence-electron chi connectivity index (χ3n) is 4.02. The molecule has 2 N–H and O–H groups in total. The van der Waals surface area contributed by atoms with E-state index in [-0.39, 0.29) is 4.91 Å². The molecule has 1 fully saturated rings. The summed E-state index contributed by atoms with van der Waals surface area (Å²) in [7, 11) is 0. The zero-order valence-electron chi connectivity index (χ0n) is 15.8. The number of nitrogens with zero attached hydrogens (tertiary/aromatic N) is 1. The topological polar surface area (TPSA) is 98.9 Å². The monoisotopic (exact) mass is 412 g/mol. The van der Waals surface area contributed by atoms with E-state index in [4.69, 9.17) is 15.2 Å². The molecule has 0 aliphatic carbocycles. The third kappa shape index (κ3) is 5.39. The Labute approximate surface area is 172 Å². The molecule has 150 valence electrons. The Kier molecular flexibility index (Phi) is 6.56. The van der Waals surface area contributed by atoms with Gasteiger partial charge in [0.05, 0.1) is 4.91 Å². The average molecular weight is 412 g/mol. The summed E-state index contributed by atoms with van der Waals surface area (Å²) >= 11 is 0.765. The summed E-state index contributed by atoms with van der Waals surface area (Å²) in [5.41, 5.74) is 6.89. The van der Waals surface area contributed by atoms with Gasteiger partial charge in [0.25, 0.3) is 11.1 Å². The zero-order chi connectivity index (χ0) is 20.8. The summed E-state index contributed by atoms with van der Waals surface area (Å²) in [5, 5.41) is -0.523. The molecule has 3 rings (SSSR count). The van der Waals surface area contributed by atoms with Crippen molar-refractivity contribution < 1.29 is 23.9 Å². The maximum Gasteiger partial charge on any atom is 0.294 e. The van der Waals surface area contributed by atoms with Gasteiger partial charge in [-0.2, -0.15) is 0 Å². The van der Waals surface area contributed by atoms with Crippen LogP contribution in [-0.2, 0) is 9.59 Å². The fraction of sp³-hybridized carbons (Fsp3) is 0.190. The van der Waals surface area contributed by atoms with Crippen molar-refractivity contribution in [1.29, 1.82) is 0 Å². The summed E-state index contributed by atoms with van der Waals surface area (Å²) in [6, 6.07) is 14.9. The second-order valence-corrected chi connectivity index (χ2v) is 7.28. The van der Waals surface area contributed by atoms with Crippen molar-refractivity contribution >= 4 is 34.9 Å². The number of imide groups is 1. The molecule has 0 saturated carbocycles. The van der Waals surface area contributed by atoms with Crippen LogP contribution < -0.4 is 15.2 Å². The molecule has 0 unspecified atom stereocenters. The lowest BCUT2D eigenvalue weighted by atomic mass is 10.2. The van der Waals surface area contributed by atoms with Gasteiger partial charge in [0.1, 0.15) is 31.3 Å². The minimum Gasteiger partial charge on any atom is -0.490 e. The van der Waals surface area contributed by atoms with E-state index in [9.17, 15) is 14.4 Å². The first kappa shape index (κ1) is 20.5. The molecule has 1 heterocycles. The number of nitrogens with two attached hydrogens (primary N) is 1. The number of carbonyl (C=O) groups excluding carboxylic acids is 3. The number of benzene rings is 2. The highest BCUT2D eigenvalue weighted by Gasteiger charge is 2.35. The highest BCUT2D eigenvalue weighted by atomic mass is 32.2. The first-order valence-corrected chi connectivity index (χ1v) is 9.70.